The van der Waals surface area contributed by atoms with Crippen molar-refractivity contribution in [2.45, 2.75) is 96.9 Å². The molecule has 2 aliphatic rings. The van der Waals surface area contributed by atoms with Crippen LogP contribution < -0.4 is 4.43 Å². The van der Waals surface area contributed by atoms with Crippen molar-refractivity contribution in [2.75, 3.05) is 0 Å². The van der Waals surface area contributed by atoms with Crippen LogP contribution in [0.15, 0.2) is 18.2 Å². The fourth-order valence-electron chi connectivity index (χ4n) is 5.17. The minimum Gasteiger partial charge on any atom is -0.543 e. The first kappa shape index (κ1) is 19.9. The largest absolute Gasteiger partial charge is 0.543 e. The molecule has 146 valence electrons. The van der Waals surface area contributed by atoms with Crippen LogP contribution in [0.5, 0.6) is 5.75 Å². The topological polar surface area (TPSA) is 29.5 Å². The summed E-state index contributed by atoms with van der Waals surface area (Å²) in [4.78, 5) is 0. The van der Waals surface area contributed by atoms with Crippen molar-refractivity contribution in [3.05, 3.63) is 29.3 Å². The second-order valence-corrected chi connectivity index (χ2v) is 15.8. The van der Waals surface area contributed by atoms with Crippen LogP contribution in [0.1, 0.15) is 71.9 Å². The second kappa shape index (κ2) is 6.10. The Morgan fingerprint density at radius 1 is 1.12 bits per heavy atom. The van der Waals surface area contributed by atoms with Crippen LogP contribution in [0, 0.1) is 11.3 Å². The first-order chi connectivity index (χ1) is 11.8. The van der Waals surface area contributed by atoms with Crippen LogP contribution in [0.4, 0.5) is 0 Å². The van der Waals surface area contributed by atoms with E-state index in [1.165, 1.54) is 17.5 Å². The summed E-state index contributed by atoms with van der Waals surface area (Å²) in [6.45, 7) is 18.5. The molecule has 0 spiro atoms. The van der Waals surface area contributed by atoms with E-state index >= 15 is 0 Å². The van der Waals surface area contributed by atoms with Gasteiger partial charge in [-0.25, -0.2) is 0 Å². The number of rotatable bonds is 2. The Hall–Kier alpha value is -0.803. The molecule has 0 amide bonds. The SMILES string of the molecule is CC1(C)[C@@H](O)CC[C@]2(C)c3cc(O[Si](C)(C)C(C)(C)C)ccc3CC[C@@H]12. The molecule has 26 heavy (non-hydrogen) atoms. The Morgan fingerprint density at radius 3 is 2.38 bits per heavy atom. The van der Waals surface area contributed by atoms with Crippen molar-refractivity contribution in [1.82, 2.24) is 0 Å². The minimum atomic E-state index is -1.84. The molecule has 1 aromatic rings. The first-order valence-electron chi connectivity index (χ1n) is 10.3. The molecular formula is C23H38O2Si. The standard InChI is InChI=1S/C23H38O2Si/c1-21(2,3)26(7,8)25-17-11-9-16-10-12-19-22(4,5)20(24)13-14-23(19,6)18(16)15-17/h9,11,15,19-20,24H,10,12-14H2,1-8H3/t19-,20-,23+/m0/s1. The fraction of sp³-hybridized carbons (Fsp3) is 0.739. The highest BCUT2D eigenvalue weighted by molar-refractivity contribution is 6.74. The number of aryl methyl sites for hydroxylation is 1. The van der Waals surface area contributed by atoms with E-state index in [1.54, 1.807) is 0 Å². The summed E-state index contributed by atoms with van der Waals surface area (Å²) < 4.78 is 6.62. The fourth-order valence-corrected chi connectivity index (χ4v) is 6.19. The summed E-state index contributed by atoms with van der Waals surface area (Å²) in [6, 6.07) is 6.83. The number of hydrogen-bond donors (Lipinski definition) is 1. The number of hydrogen-bond acceptors (Lipinski definition) is 2. The third-order valence-corrected chi connectivity index (χ3v) is 12.4. The lowest BCUT2D eigenvalue weighted by Gasteiger charge is -2.56. The van der Waals surface area contributed by atoms with Crippen molar-refractivity contribution in [1.29, 1.82) is 0 Å². The number of benzene rings is 1. The van der Waals surface area contributed by atoms with Crippen molar-refractivity contribution in [2.24, 2.45) is 11.3 Å². The second-order valence-electron chi connectivity index (χ2n) is 11.1. The van der Waals surface area contributed by atoms with Crippen LogP contribution in [0.2, 0.25) is 18.1 Å². The van der Waals surface area contributed by atoms with Gasteiger partial charge in [-0.2, -0.15) is 0 Å². The van der Waals surface area contributed by atoms with Gasteiger partial charge < -0.3 is 9.53 Å². The Labute approximate surface area is 161 Å². The van der Waals surface area contributed by atoms with Gasteiger partial charge in [0.15, 0.2) is 0 Å². The van der Waals surface area contributed by atoms with Crippen LogP contribution in [-0.2, 0) is 11.8 Å². The van der Waals surface area contributed by atoms with Crippen molar-refractivity contribution in [3.63, 3.8) is 0 Å². The Bertz CT molecular complexity index is 686. The molecule has 2 aliphatic carbocycles. The smallest absolute Gasteiger partial charge is 0.250 e. The summed E-state index contributed by atoms with van der Waals surface area (Å²) in [5.41, 5.74) is 3.08. The quantitative estimate of drug-likeness (QED) is 0.636. The zero-order valence-electron chi connectivity index (χ0n) is 18.1. The molecule has 2 nitrogen and oxygen atoms in total. The lowest BCUT2D eigenvalue weighted by atomic mass is 9.49. The molecule has 1 N–H and O–H groups in total. The van der Waals surface area contributed by atoms with E-state index in [-0.39, 0.29) is 22.0 Å². The van der Waals surface area contributed by atoms with Crippen molar-refractivity contribution < 1.29 is 9.53 Å². The molecule has 3 rings (SSSR count). The maximum Gasteiger partial charge on any atom is 0.250 e. The van der Waals surface area contributed by atoms with Crippen LogP contribution in [0.3, 0.4) is 0 Å². The molecule has 0 aromatic heterocycles. The molecule has 0 bridgehead atoms. The maximum absolute atomic E-state index is 10.6. The molecule has 0 radical (unpaired) electrons. The van der Waals surface area contributed by atoms with E-state index in [2.05, 4.69) is 72.8 Å². The van der Waals surface area contributed by atoms with Crippen LogP contribution in [-0.4, -0.2) is 19.5 Å². The van der Waals surface area contributed by atoms with Gasteiger partial charge in [0.2, 0.25) is 8.32 Å². The van der Waals surface area contributed by atoms with E-state index < -0.39 is 8.32 Å². The Balaban J connectivity index is 2.00. The molecule has 0 aliphatic heterocycles. The summed E-state index contributed by atoms with van der Waals surface area (Å²) in [6.07, 6.45) is 4.07. The highest BCUT2D eigenvalue weighted by Gasteiger charge is 2.53. The van der Waals surface area contributed by atoms with E-state index in [9.17, 15) is 5.11 Å². The molecule has 3 atom stereocenters. The third kappa shape index (κ3) is 3.05. The van der Waals surface area contributed by atoms with E-state index in [4.69, 9.17) is 4.43 Å². The molecule has 1 saturated carbocycles. The van der Waals surface area contributed by atoms with Crippen molar-refractivity contribution >= 4 is 8.32 Å². The zero-order valence-corrected chi connectivity index (χ0v) is 19.1. The number of aliphatic hydroxyl groups excluding tert-OH is 1. The molecule has 0 heterocycles. The third-order valence-electron chi connectivity index (χ3n) is 8.04. The monoisotopic (exact) mass is 374 g/mol. The van der Waals surface area contributed by atoms with Gasteiger partial charge in [0.25, 0.3) is 0 Å². The lowest BCUT2D eigenvalue weighted by Crippen LogP contribution is -2.53. The average molecular weight is 375 g/mol. The van der Waals surface area contributed by atoms with Gasteiger partial charge in [-0.15, -0.1) is 0 Å². The highest BCUT2D eigenvalue weighted by Crippen LogP contribution is 2.57. The Kier molecular flexibility index (Phi) is 4.68. The summed E-state index contributed by atoms with van der Waals surface area (Å²) in [5.74, 6) is 1.57. The maximum atomic E-state index is 10.6. The van der Waals surface area contributed by atoms with Gasteiger partial charge in [-0.05, 0) is 83.8 Å². The van der Waals surface area contributed by atoms with Gasteiger partial charge in [0, 0.05) is 0 Å². The van der Waals surface area contributed by atoms with Crippen molar-refractivity contribution in [3.8, 4) is 5.75 Å². The molecule has 0 saturated heterocycles. The van der Waals surface area contributed by atoms with Gasteiger partial charge >= 0.3 is 0 Å². The number of fused-ring (bicyclic) bond motifs is 3. The van der Waals surface area contributed by atoms with E-state index in [1.807, 2.05) is 0 Å². The molecule has 1 aromatic carbocycles. The van der Waals surface area contributed by atoms with Gasteiger partial charge in [0.1, 0.15) is 5.75 Å². The van der Waals surface area contributed by atoms with Crippen LogP contribution >= 0.6 is 0 Å². The van der Waals surface area contributed by atoms with Crippen LogP contribution in [0.25, 0.3) is 0 Å². The van der Waals surface area contributed by atoms with Gasteiger partial charge in [0.05, 0.1) is 6.10 Å². The molecule has 0 unspecified atom stereocenters. The van der Waals surface area contributed by atoms with E-state index in [0.29, 0.717) is 5.92 Å². The average Bonchev–Trinajstić information content (AvgIpc) is 2.50. The van der Waals surface area contributed by atoms with Gasteiger partial charge in [-0.3, -0.25) is 0 Å². The predicted molar refractivity (Wildman–Crippen MR) is 112 cm³/mol. The summed E-state index contributed by atoms with van der Waals surface area (Å²) in [5, 5.41) is 10.8. The number of aliphatic hydroxyl groups is 1. The van der Waals surface area contributed by atoms with E-state index in [0.717, 1.165) is 25.0 Å². The Morgan fingerprint density at radius 2 is 1.77 bits per heavy atom. The molecule has 3 heteroatoms. The highest BCUT2D eigenvalue weighted by atomic mass is 28.4. The minimum absolute atomic E-state index is 0.0268. The predicted octanol–water partition coefficient (Wildman–Crippen LogP) is 6.07. The molecular weight excluding hydrogens is 336 g/mol. The van der Waals surface area contributed by atoms with Gasteiger partial charge in [-0.1, -0.05) is 47.6 Å². The summed E-state index contributed by atoms with van der Waals surface area (Å²) >= 11 is 0. The molecule has 1 fully saturated rings. The lowest BCUT2D eigenvalue weighted by molar-refractivity contribution is -0.0731. The first-order valence-corrected chi connectivity index (χ1v) is 13.2. The zero-order chi connectivity index (χ0) is 19.5. The summed E-state index contributed by atoms with van der Waals surface area (Å²) in [7, 11) is -1.84. The normalized spacial score (nSPS) is 31.1.